The minimum atomic E-state index is 0.432. The van der Waals surface area contributed by atoms with Crippen molar-refractivity contribution in [1.29, 1.82) is 5.26 Å². The molecule has 0 aromatic heterocycles. The summed E-state index contributed by atoms with van der Waals surface area (Å²) in [5.74, 6) is 0.638. The van der Waals surface area contributed by atoms with Gasteiger partial charge in [-0.3, -0.25) is 4.90 Å². The third kappa shape index (κ3) is 5.27. The van der Waals surface area contributed by atoms with Gasteiger partial charge in [-0.15, -0.1) is 0 Å². The second-order valence-electron chi connectivity index (χ2n) is 3.67. The van der Waals surface area contributed by atoms with Gasteiger partial charge in [-0.1, -0.05) is 23.2 Å². The number of benzene rings is 1. The molecule has 17 heavy (non-hydrogen) atoms. The van der Waals surface area contributed by atoms with E-state index in [0.29, 0.717) is 28.9 Å². The van der Waals surface area contributed by atoms with Gasteiger partial charge in [0.2, 0.25) is 0 Å². The van der Waals surface area contributed by atoms with Gasteiger partial charge in [-0.25, -0.2) is 0 Å². The summed E-state index contributed by atoms with van der Waals surface area (Å²) in [6, 6.07) is 7.24. The average Bonchev–Trinajstić information content (AvgIpc) is 2.27. The van der Waals surface area contributed by atoms with Crippen LogP contribution in [0.1, 0.15) is 6.42 Å². The first kappa shape index (κ1) is 14.1. The quantitative estimate of drug-likeness (QED) is 0.589. The van der Waals surface area contributed by atoms with Crippen molar-refractivity contribution in [1.82, 2.24) is 4.90 Å². The summed E-state index contributed by atoms with van der Waals surface area (Å²) in [5, 5.41) is 9.59. The van der Waals surface area contributed by atoms with E-state index in [1.807, 2.05) is 11.9 Å². The highest BCUT2D eigenvalue weighted by Gasteiger charge is 2.02. The van der Waals surface area contributed by atoms with Gasteiger partial charge < -0.3 is 4.74 Å². The minimum Gasteiger partial charge on any atom is -0.492 e. The van der Waals surface area contributed by atoms with E-state index in [1.165, 1.54) is 0 Å². The zero-order chi connectivity index (χ0) is 12.7. The summed E-state index contributed by atoms with van der Waals surface area (Å²) in [6.45, 7) is 1.82. The zero-order valence-corrected chi connectivity index (χ0v) is 11.1. The minimum absolute atomic E-state index is 0.432. The maximum absolute atomic E-state index is 8.48. The molecule has 5 heteroatoms. The molecule has 0 unspecified atom stereocenters. The van der Waals surface area contributed by atoms with E-state index in [9.17, 15) is 0 Å². The standard InChI is InChI=1S/C12H14Cl2N2O/c1-16(7-5-15)6-2-8-17-12-4-3-10(13)9-11(12)14/h3-4,9H,2,6-8H2,1H3. The molecule has 3 nitrogen and oxygen atoms in total. The van der Waals surface area contributed by atoms with E-state index in [2.05, 4.69) is 6.07 Å². The first-order valence-electron chi connectivity index (χ1n) is 5.27. The lowest BCUT2D eigenvalue weighted by molar-refractivity contribution is 0.274. The first-order valence-corrected chi connectivity index (χ1v) is 6.02. The molecule has 0 spiro atoms. The maximum Gasteiger partial charge on any atom is 0.137 e. The molecule has 1 rings (SSSR count). The Hall–Kier alpha value is -0.950. The molecule has 0 saturated heterocycles. The van der Waals surface area contributed by atoms with Gasteiger partial charge in [-0.2, -0.15) is 5.26 Å². The lowest BCUT2D eigenvalue weighted by atomic mass is 10.3. The Morgan fingerprint density at radius 1 is 1.41 bits per heavy atom. The van der Waals surface area contributed by atoms with Crippen molar-refractivity contribution >= 4 is 23.2 Å². The first-order chi connectivity index (χ1) is 8.13. The van der Waals surface area contributed by atoms with E-state index in [4.69, 9.17) is 33.2 Å². The molecule has 0 fully saturated rings. The van der Waals surface area contributed by atoms with Gasteiger partial charge in [0.1, 0.15) is 5.75 Å². The summed E-state index contributed by atoms with van der Waals surface area (Å²) in [4.78, 5) is 1.94. The van der Waals surface area contributed by atoms with Gasteiger partial charge in [-0.05, 0) is 31.7 Å². The SMILES string of the molecule is CN(CC#N)CCCOc1ccc(Cl)cc1Cl. The van der Waals surface area contributed by atoms with Crippen molar-refractivity contribution in [2.75, 3.05) is 26.7 Å². The fraction of sp³-hybridized carbons (Fsp3) is 0.417. The Kier molecular flexibility index (Phi) is 6.13. The zero-order valence-electron chi connectivity index (χ0n) is 9.62. The molecule has 1 aromatic carbocycles. The van der Waals surface area contributed by atoms with Crippen LogP contribution >= 0.6 is 23.2 Å². The number of nitrogens with zero attached hydrogens (tertiary/aromatic N) is 2. The van der Waals surface area contributed by atoms with Gasteiger partial charge in [0, 0.05) is 11.6 Å². The third-order valence-corrected chi connectivity index (χ3v) is 2.71. The number of hydrogen-bond acceptors (Lipinski definition) is 3. The van der Waals surface area contributed by atoms with E-state index in [1.54, 1.807) is 18.2 Å². The summed E-state index contributed by atoms with van der Waals surface area (Å²) >= 11 is 11.7. The average molecular weight is 273 g/mol. The molecule has 0 N–H and O–H groups in total. The fourth-order valence-electron chi connectivity index (χ4n) is 1.31. The van der Waals surface area contributed by atoms with E-state index in [-0.39, 0.29) is 0 Å². The Balaban J connectivity index is 2.29. The van der Waals surface area contributed by atoms with E-state index >= 15 is 0 Å². The number of hydrogen-bond donors (Lipinski definition) is 0. The molecule has 0 radical (unpaired) electrons. The van der Waals surface area contributed by atoms with Gasteiger partial charge >= 0.3 is 0 Å². The summed E-state index contributed by atoms with van der Waals surface area (Å²) in [6.07, 6.45) is 0.844. The largest absolute Gasteiger partial charge is 0.492 e. The fourth-order valence-corrected chi connectivity index (χ4v) is 1.77. The molecular weight excluding hydrogens is 259 g/mol. The number of rotatable bonds is 6. The molecule has 0 amide bonds. The highest BCUT2D eigenvalue weighted by Crippen LogP contribution is 2.27. The van der Waals surface area contributed by atoms with Crippen molar-refractivity contribution < 1.29 is 4.74 Å². The number of ether oxygens (including phenoxy) is 1. The van der Waals surface area contributed by atoms with Crippen LogP contribution in [-0.2, 0) is 0 Å². The van der Waals surface area contributed by atoms with Crippen LogP contribution in [0, 0.1) is 11.3 Å². The topological polar surface area (TPSA) is 36.3 Å². The van der Waals surface area contributed by atoms with Gasteiger partial charge in [0.15, 0.2) is 0 Å². The molecule has 0 aliphatic heterocycles. The summed E-state index contributed by atoms with van der Waals surface area (Å²) in [5.41, 5.74) is 0. The monoisotopic (exact) mass is 272 g/mol. The van der Waals surface area contributed by atoms with Crippen molar-refractivity contribution in [3.8, 4) is 11.8 Å². The van der Waals surface area contributed by atoms with Crippen molar-refractivity contribution in [3.05, 3.63) is 28.2 Å². The molecular formula is C12H14Cl2N2O. The van der Waals surface area contributed by atoms with Crippen LogP contribution < -0.4 is 4.74 Å². The number of nitriles is 1. The lowest BCUT2D eigenvalue weighted by Crippen LogP contribution is -2.21. The van der Waals surface area contributed by atoms with Crippen LogP contribution in [0.15, 0.2) is 18.2 Å². The lowest BCUT2D eigenvalue weighted by Gasteiger charge is -2.13. The second kappa shape index (κ2) is 7.39. The predicted molar refractivity (Wildman–Crippen MR) is 69.7 cm³/mol. The normalized spacial score (nSPS) is 10.3. The highest BCUT2D eigenvalue weighted by atomic mass is 35.5. The molecule has 0 atom stereocenters. The number of halogens is 2. The van der Waals surface area contributed by atoms with E-state index in [0.717, 1.165) is 13.0 Å². The molecule has 0 heterocycles. The molecule has 0 saturated carbocycles. The van der Waals surface area contributed by atoms with Crippen LogP contribution in [0.2, 0.25) is 10.0 Å². The Labute approximate surface area is 111 Å². The Morgan fingerprint density at radius 3 is 2.82 bits per heavy atom. The molecule has 0 aliphatic carbocycles. The van der Waals surface area contributed by atoms with Crippen LogP contribution in [0.5, 0.6) is 5.75 Å². The van der Waals surface area contributed by atoms with Crippen molar-refractivity contribution in [2.24, 2.45) is 0 Å². The van der Waals surface area contributed by atoms with E-state index < -0.39 is 0 Å². The molecule has 0 bridgehead atoms. The van der Waals surface area contributed by atoms with Crippen molar-refractivity contribution in [2.45, 2.75) is 6.42 Å². The van der Waals surface area contributed by atoms with Gasteiger partial charge in [0.25, 0.3) is 0 Å². The van der Waals surface area contributed by atoms with Crippen LogP contribution in [-0.4, -0.2) is 31.6 Å². The van der Waals surface area contributed by atoms with Crippen molar-refractivity contribution in [3.63, 3.8) is 0 Å². The highest BCUT2D eigenvalue weighted by molar-refractivity contribution is 6.35. The second-order valence-corrected chi connectivity index (χ2v) is 4.52. The summed E-state index contributed by atoms with van der Waals surface area (Å²) < 4.78 is 5.52. The predicted octanol–water partition coefficient (Wildman–Crippen LogP) is 3.22. The van der Waals surface area contributed by atoms with Crippen LogP contribution in [0.25, 0.3) is 0 Å². The molecule has 92 valence electrons. The third-order valence-electron chi connectivity index (χ3n) is 2.18. The van der Waals surface area contributed by atoms with Crippen LogP contribution in [0.3, 0.4) is 0 Å². The van der Waals surface area contributed by atoms with Gasteiger partial charge in [0.05, 0.1) is 24.2 Å². The smallest absolute Gasteiger partial charge is 0.137 e. The van der Waals surface area contributed by atoms with Crippen LogP contribution in [0.4, 0.5) is 0 Å². The molecule has 1 aromatic rings. The Bertz CT molecular complexity index is 404. The maximum atomic E-state index is 8.48. The molecule has 0 aliphatic rings. The summed E-state index contributed by atoms with van der Waals surface area (Å²) in [7, 11) is 1.90. The Morgan fingerprint density at radius 2 is 2.18 bits per heavy atom.